The molecule has 0 radical (unpaired) electrons. The van der Waals surface area contributed by atoms with Crippen LogP contribution in [0.3, 0.4) is 0 Å². The summed E-state index contributed by atoms with van der Waals surface area (Å²) in [6, 6.07) is 2.33. The zero-order chi connectivity index (χ0) is 11.5. The molecule has 0 aliphatic heterocycles. The van der Waals surface area contributed by atoms with E-state index < -0.39 is 0 Å². The Hall–Kier alpha value is -1.27. The summed E-state index contributed by atoms with van der Waals surface area (Å²) in [4.78, 5) is 0.999. The van der Waals surface area contributed by atoms with Gasteiger partial charge in [-0.15, -0.1) is 5.10 Å². The summed E-state index contributed by atoms with van der Waals surface area (Å²) in [6.45, 7) is 4.20. The molecule has 0 amide bonds. The van der Waals surface area contributed by atoms with Crippen molar-refractivity contribution in [2.24, 2.45) is 5.73 Å². The summed E-state index contributed by atoms with van der Waals surface area (Å²) in [5.41, 5.74) is 7.05. The third kappa shape index (κ3) is 2.45. The second kappa shape index (κ2) is 4.71. The van der Waals surface area contributed by atoms with Crippen molar-refractivity contribution in [2.45, 2.75) is 32.4 Å². The van der Waals surface area contributed by atoms with Crippen LogP contribution in [0.25, 0.3) is 0 Å². The maximum absolute atomic E-state index is 6.04. The van der Waals surface area contributed by atoms with Gasteiger partial charge in [-0.2, -0.15) is 5.10 Å². The van der Waals surface area contributed by atoms with Crippen LogP contribution in [0.15, 0.2) is 18.5 Å². The molecular weight excluding hydrogens is 222 g/mol. The highest BCUT2D eigenvalue weighted by molar-refractivity contribution is 7.05. The van der Waals surface area contributed by atoms with Crippen molar-refractivity contribution in [2.75, 3.05) is 0 Å². The first kappa shape index (κ1) is 11.2. The third-order valence-electron chi connectivity index (χ3n) is 2.37. The Morgan fingerprint density at radius 3 is 2.88 bits per heavy atom. The highest BCUT2D eigenvalue weighted by Gasteiger charge is 2.11. The second-order valence-electron chi connectivity index (χ2n) is 4.01. The fourth-order valence-corrected chi connectivity index (χ4v) is 1.94. The van der Waals surface area contributed by atoms with Gasteiger partial charge in [0.1, 0.15) is 0 Å². The molecular formula is C10H15N5S. The van der Waals surface area contributed by atoms with Crippen LogP contribution in [0.2, 0.25) is 0 Å². The lowest BCUT2D eigenvalue weighted by Gasteiger charge is -2.06. The first-order valence-corrected chi connectivity index (χ1v) is 6.01. The van der Waals surface area contributed by atoms with E-state index in [0.29, 0.717) is 6.04 Å². The Labute approximate surface area is 98.4 Å². The van der Waals surface area contributed by atoms with E-state index in [4.69, 9.17) is 5.73 Å². The second-order valence-corrected chi connectivity index (χ2v) is 4.83. The molecule has 6 heteroatoms. The van der Waals surface area contributed by atoms with Gasteiger partial charge >= 0.3 is 0 Å². The SMILES string of the molecule is CC(C)n1ccc(CC(N)c2cnns2)n1. The van der Waals surface area contributed by atoms with Gasteiger partial charge in [-0.05, 0) is 31.4 Å². The molecule has 1 atom stereocenters. The van der Waals surface area contributed by atoms with Crippen molar-refractivity contribution in [3.05, 3.63) is 29.0 Å². The van der Waals surface area contributed by atoms with Crippen LogP contribution in [-0.2, 0) is 6.42 Å². The first-order valence-electron chi connectivity index (χ1n) is 5.23. The molecule has 0 saturated carbocycles. The van der Waals surface area contributed by atoms with Crippen LogP contribution < -0.4 is 5.73 Å². The largest absolute Gasteiger partial charge is 0.323 e. The van der Waals surface area contributed by atoms with Gasteiger partial charge in [0, 0.05) is 24.7 Å². The van der Waals surface area contributed by atoms with Crippen LogP contribution in [0.1, 0.15) is 36.5 Å². The van der Waals surface area contributed by atoms with E-state index in [1.807, 2.05) is 16.9 Å². The van der Waals surface area contributed by atoms with Crippen molar-refractivity contribution in [1.29, 1.82) is 0 Å². The minimum Gasteiger partial charge on any atom is -0.323 e. The predicted octanol–water partition coefficient (Wildman–Crippen LogP) is 1.56. The third-order valence-corrected chi connectivity index (χ3v) is 3.16. The van der Waals surface area contributed by atoms with Crippen LogP contribution >= 0.6 is 11.5 Å². The lowest BCUT2D eigenvalue weighted by molar-refractivity contribution is 0.523. The average Bonchev–Trinajstić information content (AvgIpc) is 2.87. The minimum atomic E-state index is -0.0597. The fourth-order valence-electron chi connectivity index (χ4n) is 1.44. The van der Waals surface area contributed by atoms with E-state index in [1.54, 1.807) is 6.20 Å². The molecule has 1 unspecified atom stereocenters. The fraction of sp³-hybridized carbons (Fsp3) is 0.500. The van der Waals surface area contributed by atoms with Crippen LogP contribution in [0.5, 0.6) is 0 Å². The summed E-state index contributed by atoms with van der Waals surface area (Å²) >= 11 is 1.34. The van der Waals surface area contributed by atoms with Gasteiger partial charge in [0.2, 0.25) is 0 Å². The monoisotopic (exact) mass is 237 g/mol. The Balaban J connectivity index is 2.03. The molecule has 0 aliphatic carbocycles. The molecule has 0 aromatic carbocycles. The molecule has 0 saturated heterocycles. The number of hydrogen-bond acceptors (Lipinski definition) is 5. The number of aromatic nitrogens is 4. The highest BCUT2D eigenvalue weighted by atomic mass is 32.1. The molecule has 0 aliphatic rings. The predicted molar refractivity (Wildman–Crippen MR) is 63.2 cm³/mol. The number of rotatable bonds is 4. The Morgan fingerprint density at radius 2 is 2.31 bits per heavy atom. The average molecular weight is 237 g/mol. The van der Waals surface area contributed by atoms with Crippen molar-refractivity contribution in [3.8, 4) is 0 Å². The standard InChI is InChI=1S/C10H15N5S/c1-7(2)15-4-3-8(13-15)5-9(11)10-6-12-14-16-10/h3-4,6-7,9H,5,11H2,1-2H3. The van der Waals surface area contributed by atoms with Gasteiger partial charge in [0.05, 0.1) is 16.8 Å². The maximum atomic E-state index is 6.04. The van der Waals surface area contributed by atoms with Gasteiger partial charge in [0.25, 0.3) is 0 Å². The van der Waals surface area contributed by atoms with Crippen LogP contribution in [0, 0.1) is 0 Å². The molecule has 2 heterocycles. The van der Waals surface area contributed by atoms with E-state index in [2.05, 4.69) is 28.5 Å². The van der Waals surface area contributed by atoms with Crippen LogP contribution in [-0.4, -0.2) is 19.4 Å². The summed E-state index contributed by atoms with van der Waals surface area (Å²) < 4.78 is 5.74. The summed E-state index contributed by atoms with van der Waals surface area (Å²) in [5, 5.41) is 8.24. The molecule has 16 heavy (non-hydrogen) atoms. The Kier molecular flexibility index (Phi) is 3.31. The molecule has 5 nitrogen and oxygen atoms in total. The molecule has 2 aromatic rings. The van der Waals surface area contributed by atoms with Crippen molar-refractivity contribution in [3.63, 3.8) is 0 Å². The van der Waals surface area contributed by atoms with Gasteiger partial charge in [-0.1, -0.05) is 4.49 Å². The van der Waals surface area contributed by atoms with Crippen molar-refractivity contribution in [1.82, 2.24) is 19.4 Å². The minimum absolute atomic E-state index is 0.0597. The van der Waals surface area contributed by atoms with Gasteiger partial charge < -0.3 is 5.73 Å². The lowest BCUT2D eigenvalue weighted by atomic mass is 10.1. The zero-order valence-corrected chi connectivity index (χ0v) is 10.2. The molecule has 2 rings (SSSR count). The van der Waals surface area contributed by atoms with E-state index >= 15 is 0 Å². The first-order chi connectivity index (χ1) is 7.66. The Bertz CT molecular complexity index is 434. The van der Waals surface area contributed by atoms with Crippen molar-refractivity contribution >= 4 is 11.5 Å². The van der Waals surface area contributed by atoms with E-state index in [1.165, 1.54) is 11.5 Å². The number of nitrogens with two attached hydrogens (primary N) is 1. The smallest absolute Gasteiger partial charge is 0.0669 e. The molecule has 86 valence electrons. The van der Waals surface area contributed by atoms with Gasteiger partial charge in [-0.25, -0.2) is 0 Å². The Morgan fingerprint density at radius 1 is 1.50 bits per heavy atom. The molecule has 2 aromatic heterocycles. The number of nitrogens with zero attached hydrogens (tertiary/aromatic N) is 4. The number of hydrogen-bond donors (Lipinski definition) is 1. The topological polar surface area (TPSA) is 69.6 Å². The molecule has 0 fully saturated rings. The maximum Gasteiger partial charge on any atom is 0.0669 e. The molecule has 0 bridgehead atoms. The summed E-state index contributed by atoms with van der Waals surface area (Å²) in [7, 11) is 0. The van der Waals surface area contributed by atoms with E-state index in [0.717, 1.165) is 17.0 Å². The quantitative estimate of drug-likeness (QED) is 0.876. The van der Waals surface area contributed by atoms with Gasteiger partial charge in [-0.3, -0.25) is 4.68 Å². The molecule has 0 spiro atoms. The summed E-state index contributed by atoms with van der Waals surface area (Å²) in [6.07, 6.45) is 4.43. The zero-order valence-electron chi connectivity index (χ0n) is 9.37. The molecule has 2 N–H and O–H groups in total. The highest BCUT2D eigenvalue weighted by Crippen LogP contribution is 2.17. The van der Waals surface area contributed by atoms with E-state index in [9.17, 15) is 0 Å². The van der Waals surface area contributed by atoms with Crippen LogP contribution in [0.4, 0.5) is 0 Å². The normalized spacial score (nSPS) is 13.2. The van der Waals surface area contributed by atoms with Gasteiger partial charge in [0.15, 0.2) is 0 Å². The lowest BCUT2D eigenvalue weighted by Crippen LogP contribution is -2.12. The van der Waals surface area contributed by atoms with Crippen molar-refractivity contribution < 1.29 is 0 Å². The summed E-state index contributed by atoms with van der Waals surface area (Å²) in [5.74, 6) is 0. The van der Waals surface area contributed by atoms with E-state index in [-0.39, 0.29) is 6.04 Å².